The Balaban J connectivity index is 1.81. The van der Waals surface area contributed by atoms with Crippen molar-refractivity contribution in [2.24, 2.45) is 13.0 Å². The lowest BCUT2D eigenvalue weighted by molar-refractivity contribution is 0.192. The van der Waals surface area contributed by atoms with Crippen molar-refractivity contribution < 1.29 is 0 Å². The maximum absolute atomic E-state index is 4.20. The minimum Gasteiger partial charge on any atom is -0.303 e. The van der Waals surface area contributed by atoms with Gasteiger partial charge in [0.25, 0.3) is 0 Å². The Bertz CT molecular complexity index is 337. The second-order valence-corrected chi connectivity index (χ2v) is 5.95. The van der Waals surface area contributed by atoms with Crippen LogP contribution in [0.3, 0.4) is 0 Å². The lowest BCUT2D eigenvalue weighted by Gasteiger charge is -2.34. The van der Waals surface area contributed by atoms with Crippen molar-refractivity contribution in [3.63, 3.8) is 0 Å². The zero-order valence-corrected chi connectivity index (χ0v) is 11.7. The van der Waals surface area contributed by atoms with Crippen molar-refractivity contribution in [3.05, 3.63) is 18.0 Å². The summed E-state index contributed by atoms with van der Waals surface area (Å²) in [5.74, 6) is 0.764. The minimum absolute atomic E-state index is 0.709. The molecule has 2 atom stereocenters. The molecular formula is C12H20BrN3. The highest BCUT2D eigenvalue weighted by Gasteiger charge is 2.23. The van der Waals surface area contributed by atoms with Gasteiger partial charge in [-0.3, -0.25) is 4.68 Å². The summed E-state index contributed by atoms with van der Waals surface area (Å²) >= 11 is 3.74. The zero-order valence-electron chi connectivity index (χ0n) is 10.1. The highest BCUT2D eigenvalue weighted by Crippen LogP contribution is 2.23. The molecule has 16 heavy (non-hydrogen) atoms. The number of halogens is 1. The van der Waals surface area contributed by atoms with Crippen LogP contribution in [0, 0.1) is 5.92 Å². The van der Waals surface area contributed by atoms with E-state index in [-0.39, 0.29) is 0 Å². The molecule has 90 valence electrons. The minimum atomic E-state index is 0.709. The number of hydrogen-bond donors (Lipinski definition) is 0. The summed E-state index contributed by atoms with van der Waals surface area (Å²) in [5.41, 5.74) is 1.33. The van der Waals surface area contributed by atoms with Crippen LogP contribution >= 0.6 is 15.9 Å². The van der Waals surface area contributed by atoms with E-state index in [9.17, 15) is 0 Å². The molecular weight excluding hydrogens is 266 g/mol. The van der Waals surface area contributed by atoms with Gasteiger partial charge in [-0.25, -0.2) is 0 Å². The molecule has 2 unspecified atom stereocenters. The van der Waals surface area contributed by atoms with E-state index in [1.165, 1.54) is 25.2 Å². The number of aryl methyl sites for hydroxylation is 1. The Morgan fingerprint density at radius 2 is 2.38 bits per heavy atom. The molecule has 4 heteroatoms. The molecule has 0 amide bonds. The Morgan fingerprint density at radius 3 is 3.00 bits per heavy atom. The molecule has 0 bridgehead atoms. The molecule has 1 aliphatic rings. The van der Waals surface area contributed by atoms with Crippen LogP contribution in [0.4, 0.5) is 0 Å². The summed E-state index contributed by atoms with van der Waals surface area (Å²) in [4.78, 5) is 3.27. The topological polar surface area (TPSA) is 21.1 Å². The van der Waals surface area contributed by atoms with E-state index in [1.54, 1.807) is 0 Å². The second-order valence-electron chi connectivity index (χ2n) is 4.78. The predicted molar refractivity (Wildman–Crippen MR) is 69.8 cm³/mol. The molecule has 2 rings (SSSR count). The molecule has 0 aromatic carbocycles. The van der Waals surface area contributed by atoms with Gasteiger partial charge < -0.3 is 4.90 Å². The molecule has 0 radical (unpaired) electrons. The third-order valence-electron chi connectivity index (χ3n) is 3.49. The molecule has 0 N–H and O–H groups in total. The fraction of sp³-hybridized carbons (Fsp3) is 0.750. The summed E-state index contributed by atoms with van der Waals surface area (Å²) in [6.07, 6.45) is 4.26. The van der Waals surface area contributed by atoms with Gasteiger partial charge in [-0.05, 0) is 24.9 Å². The zero-order chi connectivity index (χ0) is 11.5. The first-order chi connectivity index (χ1) is 7.66. The van der Waals surface area contributed by atoms with E-state index in [2.05, 4.69) is 38.9 Å². The number of rotatable bonds is 3. The van der Waals surface area contributed by atoms with Crippen LogP contribution < -0.4 is 0 Å². The van der Waals surface area contributed by atoms with Crippen LogP contribution in [0.5, 0.6) is 0 Å². The molecule has 1 saturated heterocycles. The molecule has 0 spiro atoms. The average Bonchev–Trinajstić information content (AvgIpc) is 2.66. The fourth-order valence-corrected chi connectivity index (χ4v) is 2.70. The summed E-state index contributed by atoms with van der Waals surface area (Å²) in [6.45, 7) is 5.92. The van der Waals surface area contributed by atoms with Crippen LogP contribution in [0.15, 0.2) is 12.3 Å². The molecule has 1 fully saturated rings. The third kappa shape index (κ3) is 2.86. The van der Waals surface area contributed by atoms with Gasteiger partial charge in [0.1, 0.15) is 0 Å². The first kappa shape index (κ1) is 12.1. The normalized spacial score (nSPS) is 27.2. The van der Waals surface area contributed by atoms with E-state index in [0.717, 1.165) is 18.9 Å². The average molecular weight is 286 g/mol. The lowest BCUT2D eigenvalue weighted by Crippen LogP contribution is -2.40. The first-order valence-corrected chi connectivity index (χ1v) is 6.91. The van der Waals surface area contributed by atoms with Gasteiger partial charge in [0, 0.05) is 43.3 Å². The van der Waals surface area contributed by atoms with Crippen LogP contribution in [0.25, 0.3) is 0 Å². The van der Waals surface area contributed by atoms with Gasteiger partial charge in [0.05, 0.1) is 0 Å². The number of nitrogens with zero attached hydrogens (tertiary/aromatic N) is 3. The SMILES string of the molecule is CC1CN(CCc2ccnn2C)CCC1Br. The van der Waals surface area contributed by atoms with Gasteiger partial charge in [-0.1, -0.05) is 22.9 Å². The first-order valence-electron chi connectivity index (χ1n) is 6.00. The highest BCUT2D eigenvalue weighted by molar-refractivity contribution is 9.09. The molecule has 0 aliphatic carbocycles. The fourth-order valence-electron chi connectivity index (χ4n) is 2.33. The van der Waals surface area contributed by atoms with E-state index >= 15 is 0 Å². The summed E-state index contributed by atoms with van der Waals surface area (Å²) in [5, 5.41) is 4.20. The Morgan fingerprint density at radius 1 is 1.56 bits per heavy atom. The number of aromatic nitrogens is 2. The molecule has 1 aromatic rings. The van der Waals surface area contributed by atoms with E-state index < -0.39 is 0 Å². The molecule has 0 saturated carbocycles. The van der Waals surface area contributed by atoms with Crippen LogP contribution in [-0.2, 0) is 13.5 Å². The van der Waals surface area contributed by atoms with Crippen molar-refractivity contribution in [3.8, 4) is 0 Å². The standard InChI is InChI=1S/C12H20BrN3/c1-10-9-16(8-5-12(10)13)7-4-11-3-6-14-15(11)2/h3,6,10,12H,4-5,7-9H2,1-2H3. The van der Waals surface area contributed by atoms with E-state index in [0.29, 0.717) is 4.83 Å². The number of likely N-dealkylation sites (tertiary alicyclic amines) is 1. The number of piperidine rings is 1. The maximum Gasteiger partial charge on any atom is 0.0492 e. The molecule has 1 aliphatic heterocycles. The quantitative estimate of drug-likeness (QED) is 0.793. The molecule has 1 aromatic heterocycles. The largest absolute Gasteiger partial charge is 0.303 e. The van der Waals surface area contributed by atoms with Gasteiger partial charge in [0.15, 0.2) is 0 Å². The van der Waals surface area contributed by atoms with Crippen LogP contribution in [-0.4, -0.2) is 39.1 Å². The number of hydrogen-bond acceptors (Lipinski definition) is 2. The summed E-state index contributed by atoms with van der Waals surface area (Å²) < 4.78 is 1.97. The Labute approximate surface area is 106 Å². The van der Waals surface area contributed by atoms with E-state index in [1.807, 2.05) is 17.9 Å². The van der Waals surface area contributed by atoms with Crippen molar-refractivity contribution in [2.75, 3.05) is 19.6 Å². The summed E-state index contributed by atoms with van der Waals surface area (Å²) in [6, 6.07) is 2.11. The van der Waals surface area contributed by atoms with Crippen LogP contribution in [0.2, 0.25) is 0 Å². The van der Waals surface area contributed by atoms with Crippen LogP contribution in [0.1, 0.15) is 19.0 Å². The van der Waals surface area contributed by atoms with Crippen molar-refractivity contribution >= 4 is 15.9 Å². The Hall–Kier alpha value is -0.350. The van der Waals surface area contributed by atoms with Gasteiger partial charge in [-0.15, -0.1) is 0 Å². The highest BCUT2D eigenvalue weighted by atomic mass is 79.9. The van der Waals surface area contributed by atoms with Gasteiger partial charge in [0.2, 0.25) is 0 Å². The maximum atomic E-state index is 4.20. The lowest BCUT2D eigenvalue weighted by atomic mass is 10.00. The predicted octanol–water partition coefficient (Wildman–Crippen LogP) is 2.07. The smallest absolute Gasteiger partial charge is 0.0492 e. The van der Waals surface area contributed by atoms with E-state index in [4.69, 9.17) is 0 Å². The monoisotopic (exact) mass is 285 g/mol. The van der Waals surface area contributed by atoms with Crippen molar-refractivity contribution in [1.82, 2.24) is 14.7 Å². The van der Waals surface area contributed by atoms with Gasteiger partial charge >= 0.3 is 0 Å². The van der Waals surface area contributed by atoms with Gasteiger partial charge in [-0.2, -0.15) is 5.10 Å². The van der Waals surface area contributed by atoms with Crippen molar-refractivity contribution in [1.29, 1.82) is 0 Å². The van der Waals surface area contributed by atoms with Crippen molar-refractivity contribution in [2.45, 2.75) is 24.6 Å². The third-order valence-corrected chi connectivity index (χ3v) is 4.85. The second kappa shape index (κ2) is 5.32. The number of alkyl halides is 1. The Kier molecular flexibility index (Phi) is 4.03. The summed E-state index contributed by atoms with van der Waals surface area (Å²) in [7, 11) is 2.02. The molecule has 2 heterocycles. The molecule has 3 nitrogen and oxygen atoms in total.